The lowest BCUT2D eigenvalue weighted by atomic mass is 10.1. The number of carbonyl (C=O) groups excluding carboxylic acids is 1. The minimum absolute atomic E-state index is 0.259. The Kier molecular flexibility index (Phi) is 6.62. The summed E-state index contributed by atoms with van der Waals surface area (Å²) >= 11 is 1.59. The minimum Gasteiger partial charge on any atom is -0.386 e. The van der Waals surface area contributed by atoms with Crippen molar-refractivity contribution in [2.45, 2.75) is 25.4 Å². The Bertz CT molecular complexity index is 637. The van der Waals surface area contributed by atoms with Gasteiger partial charge in [0.15, 0.2) is 0 Å². The summed E-state index contributed by atoms with van der Waals surface area (Å²) in [4.78, 5) is 17.6. The fourth-order valence-electron chi connectivity index (χ4n) is 3.24. The first-order chi connectivity index (χ1) is 12.2. The molecule has 0 radical (unpaired) electrons. The Labute approximate surface area is 153 Å². The molecule has 0 saturated carbocycles. The van der Waals surface area contributed by atoms with Crippen molar-refractivity contribution >= 4 is 17.2 Å². The van der Waals surface area contributed by atoms with Gasteiger partial charge in [-0.15, -0.1) is 11.3 Å². The Morgan fingerprint density at radius 2 is 1.84 bits per heavy atom. The van der Waals surface area contributed by atoms with Crippen LogP contribution in [0.25, 0.3) is 0 Å². The first kappa shape index (κ1) is 18.1. The van der Waals surface area contributed by atoms with Gasteiger partial charge < -0.3 is 10.0 Å². The highest BCUT2D eigenvalue weighted by atomic mass is 32.1. The number of β-amino-alcohol motifs (C(OH)–C–C–N with tert-alkyl or cyclic N) is 1. The lowest BCUT2D eigenvalue weighted by Gasteiger charge is -2.35. The number of rotatable bonds is 7. The van der Waals surface area contributed by atoms with Crippen LogP contribution < -0.4 is 0 Å². The van der Waals surface area contributed by atoms with E-state index in [0.717, 1.165) is 43.9 Å². The molecule has 2 heterocycles. The van der Waals surface area contributed by atoms with Crippen LogP contribution in [0.4, 0.5) is 0 Å². The summed E-state index contributed by atoms with van der Waals surface area (Å²) in [5.41, 5.74) is 1.29. The molecule has 134 valence electrons. The van der Waals surface area contributed by atoms with E-state index in [1.54, 1.807) is 11.3 Å². The third kappa shape index (κ3) is 5.39. The fraction of sp³-hybridized carbons (Fsp3) is 0.450. The van der Waals surface area contributed by atoms with E-state index in [0.29, 0.717) is 13.0 Å². The molecule has 0 aliphatic carbocycles. The summed E-state index contributed by atoms with van der Waals surface area (Å²) in [7, 11) is 0. The second-order valence-corrected chi connectivity index (χ2v) is 7.53. The maximum absolute atomic E-state index is 12.4. The van der Waals surface area contributed by atoms with Crippen molar-refractivity contribution in [1.29, 1.82) is 0 Å². The van der Waals surface area contributed by atoms with Crippen molar-refractivity contribution in [3.63, 3.8) is 0 Å². The van der Waals surface area contributed by atoms with Crippen LogP contribution in [0.5, 0.6) is 0 Å². The first-order valence-corrected chi connectivity index (χ1v) is 9.86. The predicted octanol–water partition coefficient (Wildman–Crippen LogP) is 2.95. The number of carbonyl (C=O) groups is 1. The molecule has 1 amide bonds. The van der Waals surface area contributed by atoms with Crippen LogP contribution in [0.1, 0.15) is 29.4 Å². The molecule has 3 rings (SSSR count). The third-order valence-electron chi connectivity index (χ3n) is 4.73. The molecule has 1 aliphatic rings. The van der Waals surface area contributed by atoms with Crippen LogP contribution in [-0.4, -0.2) is 53.5 Å². The highest BCUT2D eigenvalue weighted by Crippen LogP contribution is 2.20. The quantitative estimate of drug-likeness (QED) is 0.828. The van der Waals surface area contributed by atoms with E-state index in [1.165, 1.54) is 5.56 Å². The van der Waals surface area contributed by atoms with Crippen LogP contribution in [0.2, 0.25) is 0 Å². The van der Waals surface area contributed by atoms with Gasteiger partial charge in [0.05, 0.1) is 0 Å². The van der Waals surface area contributed by atoms with E-state index >= 15 is 0 Å². The van der Waals surface area contributed by atoms with Crippen LogP contribution >= 0.6 is 11.3 Å². The second kappa shape index (κ2) is 9.13. The van der Waals surface area contributed by atoms with E-state index < -0.39 is 6.10 Å². The topological polar surface area (TPSA) is 43.8 Å². The molecule has 1 saturated heterocycles. The van der Waals surface area contributed by atoms with Gasteiger partial charge in [-0.05, 0) is 29.9 Å². The number of hydrogen-bond acceptors (Lipinski definition) is 4. The molecule has 1 aliphatic heterocycles. The number of piperazine rings is 1. The number of amides is 1. The molecule has 1 aromatic heterocycles. The standard InChI is InChI=1S/C20H26N2O2S/c23-18(19-9-5-15-25-19)16-21-11-13-22(14-12-21)20(24)10-4-8-17-6-2-1-3-7-17/h1-3,5-7,9,15,18,23H,4,8,10-14,16H2/t18-/m0/s1. The van der Waals surface area contributed by atoms with Gasteiger partial charge in [0.25, 0.3) is 0 Å². The van der Waals surface area contributed by atoms with E-state index in [2.05, 4.69) is 17.0 Å². The SMILES string of the molecule is O=C(CCCc1ccccc1)N1CCN(C[C@H](O)c2cccs2)CC1. The Hall–Kier alpha value is -1.69. The molecular formula is C20H26N2O2S. The number of thiophene rings is 1. The summed E-state index contributed by atoms with van der Waals surface area (Å²) in [6.07, 6.45) is 2.06. The molecule has 0 spiro atoms. The molecule has 25 heavy (non-hydrogen) atoms. The smallest absolute Gasteiger partial charge is 0.222 e. The van der Waals surface area contributed by atoms with Gasteiger partial charge in [-0.3, -0.25) is 9.69 Å². The maximum atomic E-state index is 12.4. The average molecular weight is 359 g/mol. The van der Waals surface area contributed by atoms with Crippen molar-refractivity contribution in [2.75, 3.05) is 32.7 Å². The second-order valence-electron chi connectivity index (χ2n) is 6.55. The molecule has 5 heteroatoms. The molecule has 1 fully saturated rings. The number of aliphatic hydroxyl groups is 1. The van der Waals surface area contributed by atoms with Gasteiger partial charge in [-0.25, -0.2) is 0 Å². The van der Waals surface area contributed by atoms with Crippen LogP contribution in [0, 0.1) is 0 Å². The maximum Gasteiger partial charge on any atom is 0.222 e. The van der Waals surface area contributed by atoms with Crippen molar-refractivity contribution < 1.29 is 9.90 Å². The van der Waals surface area contributed by atoms with Gasteiger partial charge in [0.2, 0.25) is 5.91 Å². The van der Waals surface area contributed by atoms with E-state index in [1.807, 2.05) is 40.6 Å². The normalized spacial score (nSPS) is 16.8. The molecule has 4 nitrogen and oxygen atoms in total. The predicted molar refractivity (Wildman–Crippen MR) is 102 cm³/mol. The number of hydrogen-bond donors (Lipinski definition) is 1. The van der Waals surface area contributed by atoms with E-state index in [9.17, 15) is 9.90 Å². The van der Waals surface area contributed by atoms with Crippen LogP contribution in [0.15, 0.2) is 47.8 Å². The lowest BCUT2D eigenvalue weighted by Crippen LogP contribution is -2.49. The minimum atomic E-state index is -0.423. The van der Waals surface area contributed by atoms with Gasteiger partial charge in [0, 0.05) is 44.0 Å². The van der Waals surface area contributed by atoms with E-state index in [-0.39, 0.29) is 5.91 Å². The van der Waals surface area contributed by atoms with Crippen molar-refractivity contribution in [3.8, 4) is 0 Å². The molecular weight excluding hydrogens is 332 g/mol. The van der Waals surface area contributed by atoms with Gasteiger partial charge >= 0.3 is 0 Å². The van der Waals surface area contributed by atoms with Crippen molar-refractivity contribution in [2.24, 2.45) is 0 Å². The summed E-state index contributed by atoms with van der Waals surface area (Å²) in [6, 6.07) is 14.3. The number of aliphatic hydroxyl groups excluding tert-OH is 1. The highest BCUT2D eigenvalue weighted by Gasteiger charge is 2.22. The van der Waals surface area contributed by atoms with Crippen LogP contribution in [0.3, 0.4) is 0 Å². The lowest BCUT2D eigenvalue weighted by molar-refractivity contribution is -0.133. The molecule has 1 aromatic carbocycles. The average Bonchev–Trinajstić information content (AvgIpc) is 3.18. The van der Waals surface area contributed by atoms with Crippen molar-refractivity contribution in [1.82, 2.24) is 9.80 Å². The number of aryl methyl sites for hydroxylation is 1. The summed E-state index contributed by atoms with van der Waals surface area (Å²) < 4.78 is 0. The highest BCUT2D eigenvalue weighted by molar-refractivity contribution is 7.10. The number of benzene rings is 1. The Morgan fingerprint density at radius 1 is 1.08 bits per heavy atom. The Balaban J connectivity index is 1.36. The summed E-state index contributed by atoms with van der Waals surface area (Å²) in [5, 5.41) is 12.2. The zero-order chi connectivity index (χ0) is 17.5. The zero-order valence-corrected chi connectivity index (χ0v) is 15.3. The third-order valence-corrected chi connectivity index (χ3v) is 5.70. The fourth-order valence-corrected chi connectivity index (χ4v) is 3.94. The molecule has 0 bridgehead atoms. The molecule has 2 aromatic rings. The Morgan fingerprint density at radius 3 is 2.52 bits per heavy atom. The molecule has 1 atom stereocenters. The first-order valence-electron chi connectivity index (χ1n) is 8.98. The van der Waals surface area contributed by atoms with Gasteiger partial charge in [-0.2, -0.15) is 0 Å². The molecule has 0 unspecified atom stereocenters. The summed E-state index contributed by atoms with van der Waals surface area (Å²) in [6.45, 7) is 3.86. The summed E-state index contributed by atoms with van der Waals surface area (Å²) in [5.74, 6) is 0.259. The van der Waals surface area contributed by atoms with E-state index in [4.69, 9.17) is 0 Å². The van der Waals surface area contributed by atoms with Gasteiger partial charge in [-0.1, -0.05) is 36.4 Å². The monoisotopic (exact) mass is 358 g/mol. The van der Waals surface area contributed by atoms with Crippen molar-refractivity contribution in [3.05, 3.63) is 58.3 Å². The number of nitrogens with zero attached hydrogens (tertiary/aromatic N) is 2. The largest absolute Gasteiger partial charge is 0.386 e. The molecule has 1 N–H and O–H groups in total. The van der Waals surface area contributed by atoms with Crippen LogP contribution in [-0.2, 0) is 11.2 Å². The zero-order valence-electron chi connectivity index (χ0n) is 14.5. The van der Waals surface area contributed by atoms with Gasteiger partial charge in [0.1, 0.15) is 6.10 Å².